The van der Waals surface area contributed by atoms with Gasteiger partial charge in [-0.15, -0.1) is 0 Å². The van der Waals surface area contributed by atoms with Gasteiger partial charge in [0.2, 0.25) is 5.91 Å². The van der Waals surface area contributed by atoms with Gasteiger partial charge in [0.15, 0.2) is 0 Å². The van der Waals surface area contributed by atoms with Crippen LogP contribution in [0, 0.1) is 6.92 Å². The minimum atomic E-state index is -0.393. The van der Waals surface area contributed by atoms with Crippen molar-refractivity contribution in [3.05, 3.63) is 54.1 Å². The number of ether oxygens (including phenoxy) is 2. The Morgan fingerprint density at radius 3 is 2.89 bits per heavy atom. The monoisotopic (exact) mass is 369 g/mol. The number of nitrogens with zero attached hydrogens (tertiary/aromatic N) is 3. The Hall–Kier alpha value is -2.18. The van der Waals surface area contributed by atoms with E-state index in [-0.39, 0.29) is 12.0 Å². The third-order valence-corrected chi connectivity index (χ3v) is 5.99. The number of carbonyl (C=O) groups excluding carboxylic acids is 1. The molecule has 1 aromatic heterocycles. The van der Waals surface area contributed by atoms with E-state index in [0.717, 1.165) is 12.2 Å². The Kier molecular flexibility index (Phi) is 5.02. The lowest BCUT2D eigenvalue weighted by molar-refractivity contribution is -0.131. The first kappa shape index (κ1) is 18.2. The van der Waals surface area contributed by atoms with Crippen LogP contribution >= 0.6 is 0 Å². The lowest BCUT2D eigenvalue weighted by atomic mass is 9.87. The molecule has 0 saturated carbocycles. The molecule has 0 bridgehead atoms. The lowest BCUT2D eigenvalue weighted by Crippen LogP contribution is -2.42. The fraction of sp³-hybridized carbons (Fsp3) is 0.524. The summed E-state index contributed by atoms with van der Waals surface area (Å²) in [7, 11) is 1.72. The molecular weight excluding hydrogens is 342 g/mol. The molecule has 1 aromatic carbocycles. The maximum absolute atomic E-state index is 12.8. The molecule has 2 aromatic rings. The zero-order valence-corrected chi connectivity index (χ0v) is 16.0. The van der Waals surface area contributed by atoms with Crippen LogP contribution in [0.2, 0.25) is 0 Å². The highest BCUT2D eigenvalue weighted by molar-refractivity contribution is 5.76. The minimum absolute atomic E-state index is 0.0786. The summed E-state index contributed by atoms with van der Waals surface area (Å²) < 4.78 is 14.0. The molecule has 27 heavy (non-hydrogen) atoms. The number of carbonyl (C=O) groups is 1. The second-order valence-electron chi connectivity index (χ2n) is 7.60. The average molecular weight is 369 g/mol. The van der Waals surface area contributed by atoms with E-state index in [9.17, 15) is 4.79 Å². The fourth-order valence-electron chi connectivity index (χ4n) is 4.42. The van der Waals surface area contributed by atoms with E-state index in [1.165, 1.54) is 5.56 Å². The summed E-state index contributed by atoms with van der Waals surface area (Å²) in [5.41, 5.74) is 0.903. The quantitative estimate of drug-likeness (QED) is 0.812. The van der Waals surface area contributed by atoms with Crippen LogP contribution in [0.3, 0.4) is 0 Å². The molecule has 2 fully saturated rings. The van der Waals surface area contributed by atoms with Gasteiger partial charge in [0.25, 0.3) is 0 Å². The van der Waals surface area contributed by atoms with Crippen molar-refractivity contribution in [3.63, 3.8) is 0 Å². The first-order chi connectivity index (χ1) is 13.1. The van der Waals surface area contributed by atoms with Crippen molar-refractivity contribution in [1.82, 2.24) is 14.5 Å². The fourth-order valence-corrected chi connectivity index (χ4v) is 4.42. The van der Waals surface area contributed by atoms with Gasteiger partial charge in [-0.3, -0.25) is 4.79 Å². The van der Waals surface area contributed by atoms with Crippen molar-refractivity contribution < 1.29 is 14.3 Å². The number of benzene rings is 1. The molecule has 1 spiro atoms. The predicted molar refractivity (Wildman–Crippen MR) is 101 cm³/mol. The number of hydrogen-bond donors (Lipinski definition) is 0. The Morgan fingerprint density at radius 2 is 2.19 bits per heavy atom. The summed E-state index contributed by atoms with van der Waals surface area (Å²) in [6.45, 7) is 4.49. The van der Waals surface area contributed by atoms with Crippen molar-refractivity contribution in [2.24, 2.45) is 0 Å². The van der Waals surface area contributed by atoms with Gasteiger partial charge >= 0.3 is 0 Å². The van der Waals surface area contributed by atoms with E-state index < -0.39 is 5.60 Å². The molecule has 1 amide bonds. The van der Waals surface area contributed by atoms with Crippen LogP contribution in [0.1, 0.15) is 30.1 Å². The summed E-state index contributed by atoms with van der Waals surface area (Å²) in [6.07, 6.45) is 4.95. The maximum atomic E-state index is 12.8. The van der Waals surface area contributed by atoms with E-state index in [2.05, 4.69) is 29.2 Å². The molecule has 0 aliphatic carbocycles. The molecular formula is C21H27N3O3. The third-order valence-electron chi connectivity index (χ3n) is 5.99. The van der Waals surface area contributed by atoms with Gasteiger partial charge in [-0.2, -0.15) is 0 Å². The smallest absolute Gasteiger partial charge is 0.224 e. The van der Waals surface area contributed by atoms with Gasteiger partial charge in [0.1, 0.15) is 17.5 Å². The topological polar surface area (TPSA) is 56.6 Å². The van der Waals surface area contributed by atoms with Gasteiger partial charge in [-0.25, -0.2) is 4.98 Å². The molecule has 0 N–H and O–H groups in total. The third kappa shape index (κ3) is 3.51. The number of rotatable bonds is 5. The van der Waals surface area contributed by atoms with E-state index in [4.69, 9.17) is 9.47 Å². The number of amides is 1. The van der Waals surface area contributed by atoms with Crippen LogP contribution in [0.15, 0.2) is 42.7 Å². The van der Waals surface area contributed by atoms with Crippen molar-refractivity contribution in [3.8, 4) is 0 Å². The Balaban J connectivity index is 1.41. The minimum Gasteiger partial charge on any atom is -0.377 e. The SMILES string of the molecule is CO[C@@H]1CN(C(=O)CCn2ccnc2C)C[C@]12C[C@@H](c1ccccc1)CO2. The van der Waals surface area contributed by atoms with Gasteiger partial charge in [-0.05, 0) is 18.9 Å². The van der Waals surface area contributed by atoms with Crippen LogP contribution < -0.4 is 0 Å². The zero-order valence-electron chi connectivity index (χ0n) is 16.0. The van der Waals surface area contributed by atoms with Crippen LogP contribution in [0.25, 0.3) is 0 Å². The van der Waals surface area contributed by atoms with E-state index >= 15 is 0 Å². The molecule has 2 aliphatic rings. The molecule has 2 aliphatic heterocycles. The summed E-state index contributed by atoms with van der Waals surface area (Å²) >= 11 is 0. The number of aromatic nitrogens is 2. The number of likely N-dealkylation sites (tertiary alicyclic amines) is 1. The second kappa shape index (κ2) is 7.44. The molecule has 144 valence electrons. The second-order valence-corrected chi connectivity index (χ2v) is 7.60. The molecule has 0 radical (unpaired) electrons. The first-order valence-electron chi connectivity index (χ1n) is 9.58. The molecule has 0 unspecified atom stereocenters. The number of imidazole rings is 1. The Morgan fingerprint density at radius 1 is 1.37 bits per heavy atom. The highest BCUT2D eigenvalue weighted by Gasteiger charge is 2.53. The van der Waals surface area contributed by atoms with Crippen LogP contribution in [-0.2, 0) is 20.8 Å². The molecule has 3 atom stereocenters. The highest BCUT2D eigenvalue weighted by atomic mass is 16.6. The van der Waals surface area contributed by atoms with Gasteiger partial charge in [0.05, 0.1) is 13.2 Å². The van der Waals surface area contributed by atoms with Crippen molar-refractivity contribution in [2.45, 2.75) is 43.9 Å². The van der Waals surface area contributed by atoms with Crippen LogP contribution in [0.5, 0.6) is 0 Å². The summed E-state index contributed by atoms with van der Waals surface area (Å²) in [6, 6.07) is 10.5. The van der Waals surface area contributed by atoms with E-state index in [0.29, 0.717) is 38.6 Å². The van der Waals surface area contributed by atoms with Gasteiger partial charge in [-0.1, -0.05) is 30.3 Å². The van der Waals surface area contributed by atoms with Crippen molar-refractivity contribution >= 4 is 5.91 Å². The lowest BCUT2D eigenvalue weighted by Gasteiger charge is -2.28. The van der Waals surface area contributed by atoms with E-state index in [1.807, 2.05) is 28.7 Å². The summed E-state index contributed by atoms with van der Waals surface area (Å²) in [5, 5.41) is 0. The van der Waals surface area contributed by atoms with Crippen LogP contribution in [0.4, 0.5) is 0 Å². The Labute approximate surface area is 160 Å². The van der Waals surface area contributed by atoms with Gasteiger partial charge < -0.3 is 18.9 Å². The molecule has 6 nitrogen and oxygen atoms in total. The van der Waals surface area contributed by atoms with Crippen LogP contribution in [-0.4, -0.2) is 58.9 Å². The molecule has 2 saturated heterocycles. The maximum Gasteiger partial charge on any atom is 0.224 e. The predicted octanol–water partition coefficient (Wildman–Crippen LogP) is 2.38. The molecule has 4 rings (SSSR count). The number of hydrogen-bond acceptors (Lipinski definition) is 4. The molecule has 3 heterocycles. The molecule has 6 heteroatoms. The standard InChI is InChI=1S/C21H27N3O3/c1-16-22-9-11-23(16)10-8-20(25)24-13-19(26-2)21(15-24)12-18(14-27-21)17-6-4-3-5-7-17/h3-7,9,11,18-19H,8,10,12-15H2,1-2H3/t18-,19-,21-/m1/s1. The number of methoxy groups -OCH3 is 1. The van der Waals surface area contributed by atoms with Gasteiger partial charge in [0, 0.05) is 44.9 Å². The largest absolute Gasteiger partial charge is 0.377 e. The number of aryl methyl sites for hydroxylation is 2. The van der Waals surface area contributed by atoms with Crippen molar-refractivity contribution in [2.75, 3.05) is 26.8 Å². The first-order valence-corrected chi connectivity index (χ1v) is 9.58. The Bertz CT molecular complexity index is 791. The van der Waals surface area contributed by atoms with E-state index in [1.54, 1.807) is 13.3 Å². The van der Waals surface area contributed by atoms with Crippen molar-refractivity contribution in [1.29, 1.82) is 0 Å². The summed E-state index contributed by atoms with van der Waals surface area (Å²) in [4.78, 5) is 18.9. The summed E-state index contributed by atoms with van der Waals surface area (Å²) in [5.74, 6) is 1.43. The average Bonchev–Trinajstić information content (AvgIpc) is 3.40. The zero-order chi connectivity index (χ0) is 18.9. The normalized spacial score (nSPS) is 27.6. The highest BCUT2D eigenvalue weighted by Crippen LogP contribution is 2.43.